The van der Waals surface area contributed by atoms with Crippen molar-refractivity contribution in [2.75, 3.05) is 26.2 Å². The molecular formula is C17H30FN3. The highest BCUT2D eigenvalue weighted by molar-refractivity contribution is 5.11. The zero-order valence-electron chi connectivity index (χ0n) is 13.9. The van der Waals surface area contributed by atoms with Gasteiger partial charge in [-0.1, -0.05) is 27.7 Å². The minimum atomic E-state index is -0.276. The fourth-order valence-electron chi connectivity index (χ4n) is 2.68. The molecule has 4 heteroatoms. The molecule has 0 aromatic carbocycles. The molecule has 2 unspecified atom stereocenters. The smallest absolute Gasteiger partial charge is 0.141 e. The molecule has 2 atom stereocenters. The third-order valence-corrected chi connectivity index (χ3v) is 3.79. The summed E-state index contributed by atoms with van der Waals surface area (Å²) in [6.45, 7) is 13.0. The Morgan fingerprint density at radius 1 is 1.24 bits per heavy atom. The van der Waals surface area contributed by atoms with E-state index in [0.717, 1.165) is 38.3 Å². The third kappa shape index (κ3) is 6.10. The highest BCUT2D eigenvalue weighted by Gasteiger charge is 2.21. The van der Waals surface area contributed by atoms with Crippen molar-refractivity contribution in [3.05, 3.63) is 29.8 Å². The summed E-state index contributed by atoms with van der Waals surface area (Å²) in [7, 11) is 0. The van der Waals surface area contributed by atoms with Gasteiger partial charge in [-0.25, -0.2) is 4.39 Å². The van der Waals surface area contributed by atoms with Crippen molar-refractivity contribution in [1.82, 2.24) is 15.2 Å². The van der Waals surface area contributed by atoms with Crippen molar-refractivity contribution >= 4 is 0 Å². The first-order chi connectivity index (χ1) is 10.1. The number of aromatic nitrogens is 1. The molecule has 0 saturated heterocycles. The van der Waals surface area contributed by atoms with Gasteiger partial charge in [0.2, 0.25) is 0 Å². The van der Waals surface area contributed by atoms with E-state index in [9.17, 15) is 4.39 Å². The van der Waals surface area contributed by atoms with Crippen molar-refractivity contribution in [2.45, 2.75) is 46.6 Å². The van der Waals surface area contributed by atoms with Gasteiger partial charge in [0.15, 0.2) is 0 Å². The predicted molar refractivity (Wildman–Crippen MR) is 86.8 cm³/mol. The van der Waals surface area contributed by atoms with Gasteiger partial charge in [-0.3, -0.25) is 4.98 Å². The lowest BCUT2D eigenvalue weighted by molar-refractivity contribution is 0.217. The van der Waals surface area contributed by atoms with Crippen LogP contribution in [0.15, 0.2) is 18.3 Å². The number of rotatable bonds is 10. The van der Waals surface area contributed by atoms with Crippen molar-refractivity contribution in [3.8, 4) is 0 Å². The second-order valence-electron chi connectivity index (χ2n) is 5.70. The van der Waals surface area contributed by atoms with Crippen LogP contribution in [0.3, 0.4) is 0 Å². The van der Waals surface area contributed by atoms with E-state index in [1.54, 1.807) is 6.07 Å². The minimum absolute atomic E-state index is 0.177. The van der Waals surface area contributed by atoms with E-state index >= 15 is 0 Å². The predicted octanol–water partition coefficient (Wildman–Crippen LogP) is 3.63. The fourth-order valence-corrected chi connectivity index (χ4v) is 2.68. The molecule has 0 aliphatic heterocycles. The van der Waals surface area contributed by atoms with Crippen LogP contribution in [0.4, 0.5) is 4.39 Å². The van der Waals surface area contributed by atoms with Crippen LogP contribution in [0.25, 0.3) is 0 Å². The molecule has 21 heavy (non-hydrogen) atoms. The average Bonchev–Trinajstić information content (AvgIpc) is 2.49. The van der Waals surface area contributed by atoms with Crippen molar-refractivity contribution in [3.63, 3.8) is 0 Å². The lowest BCUT2D eigenvalue weighted by Crippen LogP contribution is -2.37. The SMILES string of the molecule is CCCNC(c1ccc(F)cn1)C(C)CN(CC)CCC. The van der Waals surface area contributed by atoms with E-state index in [0.29, 0.717) is 5.92 Å². The quantitative estimate of drug-likeness (QED) is 0.714. The Bertz CT molecular complexity index is 380. The van der Waals surface area contributed by atoms with Crippen LogP contribution in [0.5, 0.6) is 0 Å². The maximum absolute atomic E-state index is 13.1. The van der Waals surface area contributed by atoms with Gasteiger partial charge in [-0.05, 0) is 50.5 Å². The Morgan fingerprint density at radius 3 is 2.52 bits per heavy atom. The largest absolute Gasteiger partial charge is 0.308 e. The first-order valence-electron chi connectivity index (χ1n) is 8.19. The highest BCUT2D eigenvalue weighted by Crippen LogP contribution is 2.21. The molecule has 0 bridgehead atoms. The summed E-state index contributed by atoms with van der Waals surface area (Å²) in [5, 5.41) is 3.56. The van der Waals surface area contributed by atoms with Crippen molar-refractivity contribution in [1.29, 1.82) is 0 Å². The van der Waals surface area contributed by atoms with Gasteiger partial charge in [0.25, 0.3) is 0 Å². The zero-order valence-corrected chi connectivity index (χ0v) is 13.9. The summed E-state index contributed by atoms with van der Waals surface area (Å²) in [6, 6.07) is 3.48. The number of hydrogen-bond donors (Lipinski definition) is 1. The maximum atomic E-state index is 13.1. The summed E-state index contributed by atoms with van der Waals surface area (Å²) < 4.78 is 13.1. The first kappa shape index (κ1) is 18.1. The second kappa shape index (κ2) is 9.85. The van der Waals surface area contributed by atoms with E-state index < -0.39 is 0 Å². The summed E-state index contributed by atoms with van der Waals surface area (Å²) in [6.07, 6.45) is 3.56. The monoisotopic (exact) mass is 295 g/mol. The van der Waals surface area contributed by atoms with Crippen LogP contribution in [0.1, 0.15) is 52.3 Å². The number of hydrogen-bond acceptors (Lipinski definition) is 3. The van der Waals surface area contributed by atoms with Crippen LogP contribution >= 0.6 is 0 Å². The van der Waals surface area contributed by atoms with E-state index in [2.05, 4.69) is 42.9 Å². The molecule has 0 spiro atoms. The summed E-state index contributed by atoms with van der Waals surface area (Å²) in [5.41, 5.74) is 0.935. The molecular weight excluding hydrogens is 265 g/mol. The molecule has 1 heterocycles. The topological polar surface area (TPSA) is 28.2 Å². The van der Waals surface area contributed by atoms with E-state index in [-0.39, 0.29) is 11.9 Å². The number of nitrogens with zero attached hydrogens (tertiary/aromatic N) is 2. The first-order valence-corrected chi connectivity index (χ1v) is 8.19. The lowest BCUT2D eigenvalue weighted by Gasteiger charge is -2.30. The molecule has 120 valence electrons. The number of pyridine rings is 1. The minimum Gasteiger partial charge on any atom is -0.308 e. The highest BCUT2D eigenvalue weighted by atomic mass is 19.1. The number of halogens is 1. The molecule has 0 saturated carbocycles. The van der Waals surface area contributed by atoms with E-state index in [4.69, 9.17) is 0 Å². The molecule has 0 amide bonds. The maximum Gasteiger partial charge on any atom is 0.141 e. The average molecular weight is 295 g/mol. The van der Waals surface area contributed by atoms with Crippen molar-refractivity contribution in [2.24, 2.45) is 5.92 Å². The molecule has 0 fully saturated rings. The molecule has 1 rings (SSSR count). The standard InChI is InChI=1S/C17H30FN3/c1-5-10-19-17(16-9-8-15(18)12-20-16)14(4)13-21(7-3)11-6-2/h8-9,12,14,17,19H,5-7,10-11,13H2,1-4H3. The Morgan fingerprint density at radius 2 is 2.00 bits per heavy atom. The van der Waals surface area contributed by atoms with Gasteiger partial charge in [0.1, 0.15) is 5.82 Å². The fraction of sp³-hybridized carbons (Fsp3) is 0.706. The molecule has 0 aliphatic carbocycles. The van der Waals surface area contributed by atoms with Crippen LogP contribution < -0.4 is 5.32 Å². The molecule has 1 N–H and O–H groups in total. The molecule has 1 aromatic heterocycles. The van der Waals surface area contributed by atoms with Crippen LogP contribution in [0.2, 0.25) is 0 Å². The van der Waals surface area contributed by atoms with Crippen molar-refractivity contribution < 1.29 is 4.39 Å². The second-order valence-corrected chi connectivity index (χ2v) is 5.70. The number of nitrogens with one attached hydrogen (secondary N) is 1. The molecule has 3 nitrogen and oxygen atoms in total. The molecule has 1 aromatic rings. The van der Waals surface area contributed by atoms with Crippen LogP contribution in [-0.4, -0.2) is 36.1 Å². The zero-order chi connectivity index (χ0) is 15.7. The van der Waals surface area contributed by atoms with Gasteiger partial charge in [-0.15, -0.1) is 0 Å². The molecule has 0 radical (unpaired) electrons. The summed E-state index contributed by atoms with van der Waals surface area (Å²) >= 11 is 0. The Kier molecular flexibility index (Phi) is 8.47. The van der Waals surface area contributed by atoms with E-state index in [1.165, 1.54) is 18.7 Å². The lowest BCUT2D eigenvalue weighted by atomic mass is 9.97. The van der Waals surface area contributed by atoms with Gasteiger partial charge < -0.3 is 10.2 Å². The Balaban J connectivity index is 2.77. The van der Waals surface area contributed by atoms with Gasteiger partial charge in [-0.2, -0.15) is 0 Å². The van der Waals surface area contributed by atoms with Crippen LogP contribution in [-0.2, 0) is 0 Å². The van der Waals surface area contributed by atoms with Gasteiger partial charge >= 0.3 is 0 Å². The van der Waals surface area contributed by atoms with E-state index in [1.807, 2.05) is 0 Å². The molecule has 0 aliphatic rings. The normalized spacial score (nSPS) is 14.4. The summed E-state index contributed by atoms with van der Waals surface area (Å²) in [4.78, 5) is 6.74. The van der Waals surface area contributed by atoms with Gasteiger partial charge in [0.05, 0.1) is 17.9 Å². The Labute approximate surface area is 129 Å². The Hall–Kier alpha value is -1.00. The summed E-state index contributed by atoms with van der Waals surface area (Å²) in [5.74, 6) is 0.155. The van der Waals surface area contributed by atoms with Crippen LogP contribution in [0, 0.1) is 11.7 Å². The van der Waals surface area contributed by atoms with Gasteiger partial charge in [0, 0.05) is 6.54 Å². The third-order valence-electron chi connectivity index (χ3n) is 3.79.